The Labute approximate surface area is 152 Å². The number of halogens is 1. The molecule has 1 aliphatic rings. The largest absolute Gasteiger partial charge is 0.459 e. The van der Waals surface area contributed by atoms with E-state index in [2.05, 4.69) is 10.6 Å². The fourth-order valence-corrected chi connectivity index (χ4v) is 2.62. The van der Waals surface area contributed by atoms with Crippen LogP contribution in [0.15, 0.2) is 41.0 Å². The van der Waals surface area contributed by atoms with Crippen LogP contribution in [0.5, 0.6) is 0 Å². The Bertz CT molecular complexity index is 721. The first kappa shape index (κ1) is 19.0. The van der Waals surface area contributed by atoms with Gasteiger partial charge in [-0.1, -0.05) is 0 Å². The average molecular weight is 365 g/mol. The summed E-state index contributed by atoms with van der Waals surface area (Å²) >= 11 is 0. The van der Waals surface area contributed by atoms with Gasteiger partial charge in [-0.15, -0.1) is 12.4 Å². The normalized spacial score (nSPS) is 14.4. The third-order valence-corrected chi connectivity index (χ3v) is 4.01. The molecule has 7 heteroatoms. The van der Waals surface area contributed by atoms with Crippen molar-refractivity contribution in [2.75, 3.05) is 18.4 Å². The second-order valence-electron chi connectivity index (χ2n) is 5.82. The Balaban J connectivity index is 0.00000225. The van der Waals surface area contributed by atoms with E-state index in [1.807, 2.05) is 0 Å². The van der Waals surface area contributed by atoms with Crippen LogP contribution in [0.4, 0.5) is 5.69 Å². The molecule has 0 bridgehead atoms. The summed E-state index contributed by atoms with van der Waals surface area (Å²) in [4.78, 5) is 24.2. The second-order valence-corrected chi connectivity index (χ2v) is 5.82. The first-order valence-electron chi connectivity index (χ1n) is 8.00. The summed E-state index contributed by atoms with van der Waals surface area (Å²) in [5.74, 6) is -0.367. The van der Waals surface area contributed by atoms with Crippen molar-refractivity contribution in [3.63, 3.8) is 0 Å². The zero-order chi connectivity index (χ0) is 16.9. The van der Waals surface area contributed by atoms with Gasteiger partial charge in [0.05, 0.1) is 11.8 Å². The summed E-state index contributed by atoms with van der Waals surface area (Å²) in [6, 6.07) is 8.38. The molecule has 2 aromatic rings. The van der Waals surface area contributed by atoms with Gasteiger partial charge in [0.2, 0.25) is 0 Å². The van der Waals surface area contributed by atoms with Gasteiger partial charge >= 0.3 is 5.97 Å². The fraction of sp³-hybridized carbons (Fsp3) is 0.333. The SMILES string of the molecule is Cc1ccoc1C(=O)Nc1ccc(C(=O)OC2CCNCC2)cc1.Cl. The predicted octanol–water partition coefficient (Wildman–Crippen LogP) is 3.17. The highest BCUT2D eigenvalue weighted by atomic mass is 35.5. The Hall–Kier alpha value is -2.31. The van der Waals surface area contributed by atoms with Crippen LogP contribution in [-0.4, -0.2) is 31.1 Å². The zero-order valence-corrected chi connectivity index (χ0v) is 14.7. The Morgan fingerprint density at radius 3 is 2.44 bits per heavy atom. The number of benzene rings is 1. The summed E-state index contributed by atoms with van der Waals surface area (Å²) in [5, 5.41) is 5.97. The van der Waals surface area contributed by atoms with Crippen LogP contribution in [0.2, 0.25) is 0 Å². The lowest BCUT2D eigenvalue weighted by molar-refractivity contribution is 0.0229. The van der Waals surface area contributed by atoms with E-state index in [0.29, 0.717) is 11.3 Å². The molecule has 1 aromatic heterocycles. The van der Waals surface area contributed by atoms with Gasteiger partial charge in [-0.05, 0) is 63.2 Å². The third kappa shape index (κ3) is 4.84. The van der Waals surface area contributed by atoms with Crippen LogP contribution in [-0.2, 0) is 4.74 Å². The number of anilines is 1. The van der Waals surface area contributed by atoms with E-state index in [1.165, 1.54) is 6.26 Å². The molecule has 0 spiro atoms. The molecule has 0 radical (unpaired) electrons. The number of hydrogen-bond acceptors (Lipinski definition) is 5. The van der Waals surface area contributed by atoms with Crippen LogP contribution >= 0.6 is 12.4 Å². The maximum atomic E-state index is 12.1. The van der Waals surface area contributed by atoms with Crippen LogP contribution in [0.25, 0.3) is 0 Å². The van der Waals surface area contributed by atoms with Gasteiger partial charge in [0.15, 0.2) is 5.76 Å². The third-order valence-electron chi connectivity index (χ3n) is 4.01. The van der Waals surface area contributed by atoms with Crippen LogP contribution in [0, 0.1) is 6.92 Å². The van der Waals surface area contributed by atoms with Gasteiger partial charge in [0.25, 0.3) is 5.91 Å². The smallest absolute Gasteiger partial charge is 0.338 e. The first-order valence-corrected chi connectivity index (χ1v) is 8.00. The minimum Gasteiger partial charge on any atom is -0.459 e. The molecule has 1 amide bonds. The monoisotopic (exact) mass is 364 g/mol. The van der Waals surface area contributed by atoms with Crippen LogP contribution < -0.4 is 10.6 Å². The molecule has 2 heterocycles. The number of amides is 1. The van der Waals surface area contributed by atoms with Crippen molar-refractivity contribution < 1.29 is 18.7 Å². The number of esters is 1. The van der Waals surface area contributed by atoms with Gasteiger partial charge in [-0.2, -0.15) is 0 Å². The summed E-state index contributed by atoms with van der Waals surface area (Å²) in [6.45, 7) is 3.54. The van der Waals surface area contributed by atoms with Gasteiger partial charge in [-0.3, -0.25) is 4.79 Å². The molecular formula is C18H21ClN2O4. The number of furan rings is 1. The number of carbonyl (C=O) groups is 2. The minimum absolute atomic E-state index is 0. The topological polar surface area (TPSA) is 80.6 Å². The number of piperidine rings is 1. The predicted molar refractivity (Wildman–Crippen MR) is 96.4 cm³/mol. The van der Waals surface area contributed by atoms with E-state index in [9.17, 15) is 9.59 Å². The fourth-order valence-electron chi connectivity index (χ4n) is 2.62. The van der Waals surface area contributed by atoms with Crippen molar-refractivity contribution in [2.45, 2.75) is 25.9 Å². The average Bonchev–Trinajstić information content (AvgIpc) is 3.02. The number of ether oxygens (including phenoxy) is 1. The number of carbonyl (C=O) groups excluding carboxylic acids is 2. The molecule has 0 atom stereocenters. The highest BCUT2D eigenvalue weighted by molar-refractivity contribution is 6.03. The molecule has 1 aromatic carbocycles. The molecule has 1 fully saturated rings. The molecule has 2 N–H and O–H groups in total. The Kier molecular flexibility index (Phi) is 6.61. The summed E-state index contributed by atoms with van der Waals surface area (Å²) in [6.07, 6.45) is 3.12. The van der Waals surface area contributed by atoms with Gasteiger partial charge in [0.1, 0.15) is 6.10 Å². The molecule has 3 rings (SSSR count). The van der Waals surface area contributed by atoms with Crippen molar-refractivity contribution in [1.82, 2.24) is 5.32 Å². The quantitative estimate of drug-likeness (QED) is 0.814. The van der Waals surface area contributed by atoms with Gasteiger partial charge in [-0.25, -0.2) is 4.79 Å². The molecule has 1 saturated heterocycles. The zero-order valence-electron chi connectivity index (χ0n) is 13.9. The van der Waals surface area contributed by atoms with E-state index < -0.39 is 0 Å². The number of aryl methyl sites for hydroxylation is 1. The van der Waals surface area contributed by atoms with E-state index in [1.54, 1.807) is 37.3 Å². The van der Waals surface area contributed by atoms with Gasteiger partial charge < -0.3 is 19.8 Å². The molecule has 25 heavy (non-hydrogen) atoms. The van der Waals surface area contributed by atoms with Crippen molar-refractivity contribution in [3.8, 4) is 0 Å². The standard InChI is InChI=1S/C18H20N2O4.ClH/c1-12-8-11-23-16(12)17(21)20-14-4-2-13(3-5-14)18(22)24-15-6-9-19-10-7-15;/h2-5,8,11,15,19H,6-7,9-10H2,1H3,(H,20,21);1H. The Morgan fingerprint density at radius 2 is 1.84 bits per heavy atom. The van der Waals surface area contributed by atoms with Crippen LogP contribution in [0.3, 0.4) is 0 Å². The first-order chi connectivity index (χ1) is 11.6. The molecule has 0 saturated carbocycles. The van der Waals surface area contributed by atoms with Crippen molar-refractivity contribution >= 4 is 30.0 Å². The van der Waals surface area contributed by atoms with Crippen LogP contribution in [0.1, 0.15) is 39.3 Å². The maximum Gasteiger partial charge on any atom is 0.338 e. The van der Waals surface area contributed by atoms with Crippen molar-refractivity contribution in [1.29, 1.82) is 0 Å². The second kappa shape index (κ2) is 8.69. The summed E-state index contributed by atoms with van der Waals surface area (Å²) in [7, 11) is 0. The maximum absolute atomic E-state index is 12.1. The van der Waals surface area contributed by atoms with Crippen molar-refractivity contribution in [2.24, 2.45) is 0 Å². The Morgan fingerprint density at radius 1 is 1.16 bits per heavy atom. The lowest BCUT2D eigenvalue weighted by Gasteiger charge is -2.22. The van der Waals surface area contributed by atoms with E-state index in [0.717, 1.165) is 31.5 Å². The molecule has 0 unspecified atom stereocenters. The molecule has 6 nitrogen and oxygen atoms in total. The number of rotatable bonds is 4. The lowest BCUT2D eigenvalue weighted by atomic mass is 10.1. The lowest BCUT2D eigenvalue weighted by Crippen LogP contribution is -2.33. The molecule has 0 aliphatic carbocycles. The molecule has 134 valence electrons. The van der Waals surface area contributed by atoms with E-state index in [-0.39, 0.29) is 36.1 Å². The summed E-state index contributed by atoms with van der Waals surface area (Å²) in [5.41, 5.74) is 1.84. The summed E-state index contributed by atoms with van der Waals surface area (Å²) < 4.78 is 10.6. The van der Waals surface area contributed by atoms with E-state index in [4.69, 9.17) is 9.15 Å². The van der Waals surface area contributed by atoms with E-state index >= 15 is 0 Å². The molecule has 1 aliphatic heterocycles. The van der Waals surface area contributed by atoms with Gasteiger partial charge in [0, 0.05) is 11.3 Å². The highest BCUT2D eigenvalue weighted by Crippen LogP contribution is 2.16. The minimum atomic E-state index is -0.332. The highest BCUT2D eigenvalue weighted by Gasteiger charge is 2.18. The number of hydrogen-bond donors (Lipinski definition) is 2. The van der Waals surface area contributed by atoms with Crippen molar-refractivity contribution in [3.05, 3.63) is 53.5 Å². The number of nitrogens with one attached hydrogen (secondary N) is 2. The molecular weight excluding hydrogens is 344 g/mol.